The Morgan fingerprint density at radius 1 is 1.47 bits per heavy atom. The van der Waals surface area contributed by atoms with E-state index < -0.39 is 29.7 Å². The van der Waals surface area contributed by atoms with Crippen molar-refractivity contribution in [2.75, 3.05) is 6.54 Å². The van der Waals surface area contributed by atoms with E-state index in [0.717, 1.165) is 0 Å². The summed E-state index contributed by atoms with van der Waals surface area (Å²) in [5, 5.41) is 12.1. The maximum atomic E-state index is 13.2. The first kappa shape index (κ1) is 13.3. The first-order chi connectivity index (χ1) is 9.09. The minimum Gasteiger partial charge on any atom is -0.392 e. The van der Waals surface area contributed by atoms with Gasteiger partial charge in [0.1, 0.15) is 5.92 Å². The van der Waals surface area contributed by atoms with Gasteiger partial charge in [0.2, 0.25) is 5.91 Å². The number of halogens is 1. The Hall–Kier alpha value is -2.15. The highest BCUT2D eigenvalue weighted by Gasteiger charge is 2.37. The quantitative estimate of drug-likeness (QED) is 0.520. The molecule has 0 radical (unpaired) electrons. The van der Waals surface area contributed by atoms with Gasteiger partial charge in [-0.3, -0.25) is 9.59 Å². The molecule has 19 heavy (non-hydrogen) atoms. The fraction of sp³-hybridized carbons (Fsp3) is 0.333. The number of hydrogen-bond donors (Lipinski definition) is 3. The fourth-order valence-electron chi connectivity index (χ4n) is 1.78. The molecule has 6 nitrogen and oxygen atoms in total. The average molecular weight is 268 g/mol. The number of hydroxylamine groups is 1. The second-order valence-electron chi connectivity index (χ2n) is 4.12. The maximum Gasteiger partial charge on any atom is 0.267 e. The third kappa shape index (κ3) is 3.00. The van der Waals surface area contributed by atoms with E-state index in [2.05, 4.69) is 5.32 Å². The Labute approximate surface area is 108 Å². The number of para-hydroxylation sites is 1. The highest BCUT2D eigenvalue weighted by atomic mass is 19.1. The summed E-state index contributed by atoms with van der Waals surface area (Å²) in [7, 11) is 0. The lowest BCUT2D eigenvalue weighted by Crippen LogP contribution is -2.52. The molecule has 0 saturated carbocycles. The molecule has 2 atom stereocenters. The second-order valence-corrected chi connectivity index (χ2v) is 4.12. The topological polar surface area (TPSA) is 87.7 Å². The lowest BCUT2D eigenvalue weighted by Gasteiger charge is -2.25. The number of rotatable bonds is 3. The molecule has 1 aromatic carbocycles. The van der Waals surface area contributed by atoms with E-state index in [1.165, 1.54) is 24.3 Å². The van der Waals surface area contributed by atoms with Gasteiger partial charge in [-0.2, -0.15) is 5.48 Å². The number of benzene rings is 1. The number of aliphatic hydroxyl groups excluding tert-OH is 1. The summed E-state index contributed by atoms with van der Waals surface area (Å²) >= 11 is 0. The number of aliphatic hydroxyl groups is 1. The van der Waals surface area contributed by atoms with E-state index >= 15 is 0 Å². The molecule has 0 spiro atoms. The summed E-state index contributed by atoms with van der Waals surface area (Å²) in [6, 6.07) is 5.51. The van der Waals surface area contributed by atoms with E-state index in [4.69, 9.17) is 4.84 Å². The summed E-state index contributed by atoms with van der Waals surface area (Å²) in [5.74, 6) is -3.44. The van der Waals surface area contributed by atoms with Crippen molar-refractivity contribution in [2.24, 2.45) is 5.92 Å². The summed E-state index contributed by atoms with van der Waals surface area (Å²) in [6.07, 6.45) is -0.790. The van der Waals surface area contributed by atoms with Crippen molar-refractivity contribution in [1.82, 2.24) is 10.8 Å². The molecule has 3 N–H and O–H groups in total. The smallest absolute Gasteiger partial charge is 0.267 e. The molecule has 1 saturated heterocycles. The number of hydrogen-bond acceptors (Lipinski definition) is 4. The van der Waals surface area contributed by atoms with Crippen molar-refractivity contribution >= 4 is 11.8 Å². The molecule has 0 bridgehead atoms. The molecule has 0 aromatic heterocycles. The monoisotopic (exact) mass is 268 g/mol. The molecule has 102 valence electrons. The van der Waals surface area contributed by atoms with Crippen LogP contribution in [-0.4, -0.2) is 29.6 Å². The van der Waals surface area contributed by atoms with Crippen LogP contribution >= 0.6 is 0 Å². The van der Waals surface area contributed by atoms with Gasteiger partial charge in [0.05, 0.1) is 6.10 Å². The molecule has 1 heterocycles. The van der Waals surface area contributed by atoms with Gasteiger partial charge in [0.25, 0.3) is 5.91 Å². The molecule has 1 aliphatic heterocycles. The molecule has 1 aromatic rings. The van der Waals surface area contributed by atoms with Crippen LogP contribution in [0.2, 0.25) is 0 Å². The largest absolute Gasteiger partial charge is 0.392 e. The van der Waals surface area contributed by atoms with Crippen molar-refractivity contribution in [1.29, 1.82) is 0 Å². The molecule has 1 aliphatic rings. The Balaban J connectivity index is 1.97. The molecule has 2 unspecified atom stereocenters. The third-order valence-corrected chi connectivity index (χ3v) is 2.79. The van der Waals surface area contributed by atoms with Crippen LogP contribution in [0, 0.1) is 11.7 Å². The van der Waals surface area contributed by atoms with Crippen LogP contribution in [0.1, 0.15) is 6.42 Å². The molecule has 2 rings (SSSR count). The zero-order valence-corrected chi connectivity index (χ0v) is 9.93. The summed E-state index contributed by atoms with van der Waals surface area (Å²) in [5.41, 5.74) is 1.97. The zero-order chi connectivity index (χ0) is 13.8. The Morgan fingerprint density at radius 2 is 2.21 bits per heavy atom. The van der Waals surface area contributed by atoms with Gasteiger partial charge in [-0.1, -0.05) is 12.1 Å². The normalized spacial score (nSPS) is 22.5. The number of carbonyl (C=O) groups excluding carboxylic acids is 2. The number of carbonyl (C=O) groups is 2. The number of piperidine rings is 1. The molecule has 7 heteroatoms. The van der Waals surface area contributed by atoms with Gasteiger partial charge in [-0.05, 0) is 18.6 Å². The van der Waals surface area contributed by atoms with E-state index in [0.29, 0.717) is 6.54 Å². The Bertz CT molecular complexity index is 494. The highest BCUT2D eigenvalue weighted by Crippen LogP contribution is 2.16. The van der Waals surface area contributed by atoms with Crippen LogP contribution in [0.15, 0.2) is 24.3 Å². The van der Waals surface area contributed by atoms with Crippen LogP contribution in [-0.2, 0) is 9.59 Å². The van der Waals surface area contributed by atoms with Gasteiger partial charge in [0.15, 0.2) is 11.6 Å². The standard InChI is InChI=1S/C12H13FN2O4/c13-7-3-1-2-4-9(7)19-15-12(18)10-8(16)5-6-14-11(10)17/h1-4,8,10,16H,5-6H2,(H,14,17)(H,15,18). The number of amides is 2. The fourth-order valence-corrected chi connectivity index (χ4v) is 1.78. The van der Waals surface area contributed by atoms with Crippen molar-refractivity contribution in [3.05, 3.63) is 30.1 Å². The van der Waals surface area contributed by atoms with Gasteiger partial charge in [0, 0.05) is 6.54 Å². The Morgan fingerprint density at radius 3 is 2.89 bits per heavy atom. The molecule has 2 amide bonds. The van der Waals surface area contributed by atoms with E-state index in [1.807, 2.05) is 5.48 Å². The lowest BCUT2D eigenvalue weighted by atomic mass is 9.95. The highest BCUT2D eigenvalue weighted by molar-refractivity contribution is 6.01. The Kier molecular flexibility index (Phi) is 3.96. The second kappa shape index (κ2) is 5.66. The zero-order valence-electron chi connectivity index (χ0n) is 9.93. The van der Waals surface area contributed by atoms with Crippen molar-refractivity contribution in [3.8, 4) is 5.75 Å². The van der Waals surface area contributed by atoms with Gasteiger partial charge in [-0.15, -0.1) is 0 Å². The van der Waals surface area contributed by atoms with Crippen LogP contribution < -0.4 is 15.6 Å². The van der Waals surface area contributed by atoms with E-state index in [-0.39, 0.29) is 12.2 Å². The van der Waals surface area contributed by atoms with E-state index in [1.54, 1.807) is 0 Å². The third-order valence-electron chi connectivity index (χ3n) is 2.79. The minimum absolute atomic E-state index is 0.165. The predicted molar refractivity (Wildman–Crippen MR) is 62.3 cm³/mol. The van der Waals surface area contributed by atoms with Crippen molar-refractivity contribution < 1.29 is 23.9 Å². The predicted octanol–water partition coefficient (Wildman–Crippen LogP) is -0.267. The molecular weight excluding hydrogens is 255 g/mol. The first-order valence-electron chi connectivity index (χ1n) is 5.76. The van der Waals surface area contributed by atoms with Crippen LogP contribution in [0.25, 0.3) is 0 Å². The molecule has 1 fully saturated rings. The van der Waals surface area contributed by atoms with Crippen molar-refractivity contribution in [3.63, 3.8) is 0 Å². The van der Waals surface area contributed by atoms with Gasteiger partial charge < -0.3 is 15.3 Å². The summed E-state index contributed by atoms with van der Waals surface area (Å²) in [6.45, 7) is 0.317. The van der Waals surface area contributed by atoms with Crippen LogP contribution in [0.3, 0.4) is 0 Å². The van der Waals surface area contributed by atoms with Crippen LogP contribution in [0.5, 0.6) is 5.75 Å². The van der Waals surface area contributed by atoms with Crippen molar-refractivity contribution in [2.45, 2.75) is 12.5 Å². The lowest BCUT2D eigenvalue weighted by molar-refractivity contribution is -0.146. The van der Waals surface area contributed by atoms with Gasteiger partial charge >= 0.3 is 0 Å². The van der Waals surface area contributed by atoms with Crippen LogP contribution in [0.4, 0.5) is 4.39 Å². The van der Waals surface area contributed by atoms with Gasteiger partial charge in [-0.25, -0.2) is 4.39 Å². The number of nitrogens with one attached hydrogen (secondary N) is 2. The SMILES string of the molecule is O=C1NCCC(O)C1C(=O)NOc1ccccc1F. The summed E-state index contributed by atoms with van der Waals surface area (Å²) < 4.78 is 13.2. The first-order valence-corrected chi connectivity index (χ1v) is 5.76. The maximum absolute atomic E-state index is 13.2. The molecule has 0 aliphatic carbocycles. The summed E-state index contributed by atoms with van der Waals surface area (Å²) in [4.78, 5) is 28.0. The minimum atomic E-state index is -1.25. The van der Waals surface area contributed by atoms with E-state index in [9.17, 15) is 19.1 Å². The average Bonchev–Trinajstić information content (AvgIpc) is 2.37. The molecular formula is C12H13FN2O4.